The van der Waals surface area contributed by atoms with E-state index in [-0.39, 0.29) is 6.04 Å². The van der Waals surface area contributed by atoms with Gasteiger partial charge in [-0.3, -0.25) is 4.90 Å². The van der Waals surface area contributed by atoms with E-state index < -0.39 is 0 Å². The van der Waals surface area contributed by atoms with E-state index >= 15 is 0 Å². The highest BCUT2D eigenvalue weighted by Gasteiger charge is 2.28. The van der Waals surface area contributed by atoms with Gasteiger partial charge in [0.1, 0.15) is 0 Å². The number of nitrogens with zero attached hydrogens (tertiary/aromatic N) is 1. The molecule has 20 heavy (non-hydrogen) atoms. The number of nitrogens with two attached hydrogens (primary N) is 1. The number of hydrogen-bond donors (Lipinski definition) is 1. The van der Waals surface area contributed by atoms with Crippen molar-refractivity contribution in [2.75, 3.05) is 13.1 Å². The van der Waals surface area contributed by atoms with Crippen LogP contribution < -0.4 is 5.73 Å². The van der Waals surface area contributed by atoms with E-state index in [1.54, 1.807) is 0 Å². The molecule has 2 nitrogen and oxygen atoms in total. The number of benzene rings is 1. The molecule has 1 aromatic rings. The van der Waals surface area contributed by atoms with Gasteiger partial charge in [0, 0.05) is 18.6 Å². The van der Waals surface area contributed by atoms with Crippen LogP contribution in [0.2, 0.25) is 0 Å². The molecule has 1 fully saturated rings. The van der Waals surface area contributed by atoms with Gasteiger partial charge in [-0.25, -0.2) is 0 Å². The lowest BCUT2D eigenvalue weighted by molar-refractivity contribution is 0.121. The molecule has 0 saturated heterocycles. The van der Waals surface area contributed by atoms with Gasteiger partial charge in [-0.2, -0.15) is 0 Å². The molecule has 2 N–H and O–H groups in total. The van der Waals surface area contributed by atoms with Crippen molar-refractivity contribution in [2.24, 2.45) is 11.7 Å². The predicted molar refractivity (Wildman–Crippen MR) is 86.8 cm³/mol. The third kappa shape index (κ3) is 3.62. The Hall–Kier alpha value is -0.860. The quantitative estimate of drug-likeness (QED) is 0.817. The third-order valence-corrected chi connectivity index (χ3v) is 4.78. The topological polar surface area (TPSA) is 29.3 Å². The van der Waals surface area contributed by atoms with Gasteiger partial charge in [0.2, 0.25) is 0 Å². The van der Waals surface area contributed by atoms with E-state index in [0.29, 0.717) is 6.04 Å². The summed E-state index contributed by atoms with van der Waals surface area (Å²) < 4.78 is 0. The molecule has 1 aliphatic carbocycles. The monoisotopic (exact) mass is 274 g/mol. The summed E-state index contributed by atoms with van der Waals surface area (Å²) in [7, 11) is 0. The average Bonchev–Trinajstić information content (AvgIpc) is 2.40. The molecule has 0 bridgehead atoms. The highest BCUT2D eigenvalue weighted by atomic mass is 15.2. The van der Waals surface area contributed by atoms with Gasteiger partial charge in [-0.05, 0) is 44.2 Å². The fourth-order valence-corrected chi connectivity index (χ4v) is 3.25. The summed E-state index contributed by atoms with van der Waals surface area (Å²) in [6, 6.07) is 9.47. The highest BCUT2D eigenvalue weighted by Crippen LogP contribution is 2.32. The van der Waals surface area contributed by atoms with E-state index in [1.807, 2.05) is 0 Å². The first-order valence-corrected chi connectivity index (χ1v) is 8.21. The molecule has 0 aliphatic heterocycles. The number of likely N-dealkylation sites (N-methyl/N-ethyl adjacent to an activating group) is 1. The third-order valence-electron chi connectivity index (χ3n) is 4.78. The van der Waals surface area contributed by atoms with Crippen LogP contribution in [0.4, 0.5) is 0 Å². The van der Waals surface area contributed by atoms with E-state index in [4.69, 9.17) is 5.73 Å². The molecule has 0 amide bonds. The summed E-state index contributed by atoms with van der Waals surface area (Å²) in [6.45, 7) is 8.93. The Balaban J connectivity index is 2.20. The summed E-state index contributed by atoms with van der Waals surface area (Å²) in [4.78, 5) is 2.60. The van der Waals surface area contributed by atoms with Gasteiger partial charge in [0.15, 0.2) is 0 Å². The SMILES string of the molecule is CCC(N)C(c1cccc(C)c1)N(CC)CC1CCC1. The van der Waals surface area contributed by atoms with Crippen molar-refractivity contribution in [1.82, 2.24) is 4.90 Å². The minimum absolute atomic E-state index is 0.219. The molecule has 2 atom stereocenters. The van der Waals surface area contributed by atoms with Crippen LogP contribution in [0, 0.1) is 12.8 Å². The van der Waals surface area contributed by atoms with Crippen LogP contribution >= 0.6 is 0 Å². The van der Waals surface area contributed by atoms with E-state index in [0.717, 1.165) is 18.9 Å². The second-order valence-electron chi connectivity index (χ2n) is 6.32. The predicted octanol–water partition coefficient (Wildman–Crippen LogP) is 3.90. The van der Waals surface area contributed by atoms with Gasteiger partial charge in [-0.1, -0.05) is 50.1 Å². The van der Waals surface area contributed by atoms with Crippen molar-refractivity contribution in [2.45, 2.75) is 58.5 Å². The van der Waals surface area contributed by atoms with Crippen molar-refractivity contribution in [3.63, 3.8) is 0 Å². The summed E-state index contributed by atoms with van der Waals surface area (Å²) in [6.07, 6.45) is 5.24. The molecule has 2 heteroatoms. The van der Waals surface area contributed by atoms with E-state index in [9.17, 15) is 0 Å². The summed E-state index contributed by atoms with van der Waals surface area (Å²) in [5, 5.41) is 0. The molecule has 1 aliphatic rings. The minimum atomic E-state index is 0.219. The van der Waals surface area contributed by atoms with Gasteiger partial charge in [0.05, 0.1) is 0 Å². The summed E-state index contributed by atoms with van der Waals surface area (Å²) >= 11 is 0. The normalized spacial score (nSPS) is 18.9. The molecule has 0 aromatic heterocycles. The molecule has 2 rings (SSSR count). The fourth-order valence-electron chi connectivity index (χ4n) is 3.25. The second-order valence-corrected chi connectivity index (χ2v) is 6.32. The van der Waals surface area contributed by atoms with Gasteiger partial charge in [0.25, 0.3) is 0 Å². The molecular weight excluding hydrogens is 244 g/mol. The van der Waals surface area contributed by atoms with Crippen LogP contribution in [0.15, 0.2) is 24.3 Å². The number of hydrogen-bond acceptors (Lipinski definition) is 2. The Morgan fingerprint density at radius 2 is 2.05 bits per heavy atom. The van der Waals surface area contributed by atoms with E-state index in [1.165, 1.54) is 36.9 Å². The fraction of sp³-hybridized carbons (Fsp3) is 0.667. The molecule has 0 heterocycles. The lowest BCUT2D eigenvalue weighted by Crippen LogP contribution is -2.43. The first-order valence-electron chi connectivity index (χ1n) is 8.21. The Kier molecular flexibility index (Phi) is 5.62. The summed E-state index contributed by atoms with van der Waals surface area (Å²) in [5.41, 5.74) is 9.19. The van der Waals surface area contributed by atoms with Gasteiger partial charge < -0.3 is 5.73 Å². The smallest absolute Gasteiger partial charge is 0.0499 e. The molecule has 0 spiro atoms. The van der Waals surface area contributed by atoms with Crippen LogP contribution in [0.25, 0.3) is 0 Å². The molecule has 112 valence electrons. The van der Waals surface area contributed by atoms with Crippen LogP contribution in [-0.2, 0) is 0 Å². The van der Waals surface area contributed by atoms with Crippen molar-refractivity contribution < 1.29 is 0 Å². The Labute approximate surface area is 124 Å². The molecule has 2 unspecified atom stereocenters. The zero-order valence-electron chi connectivity index (χ0n) is 13.3. The largest absolute Gasteiger partial charge is 0.326 e. The van der Waals surface area contributed by atoms with Crippen LogP contribution in [0.5, 0.6) is 0 Å². The van der Waals surface area contributed by atoms with Crippen LogP contribution in [0.3, 0.4) is 0 Å². The lowest BCUT2D eigenvalue weighted by atomic mass is 9.84. The molecule has 1 aromatic carbocycles. The van der Waals surface area contributed by atoms with Crippen molar-refractivity contribution in [1.29, 1.82) is 0 Å². The lowest BCUT2D eigenvalue weighted by Gasteiger charge is -2.39. The standard InChI is InChI=1S/C18H30N2/c1-4-17(19)18(16-11-6-8-14(3)12-16)20(5-2)13-15-9-7-10-15/h6,8,11-12,15,17-18H,4-5,7,9-10,13,19H2,1-3H3. The van der Waals surface area contributed by atoms with Gasteiger partial charge in [-0.15, -0.1) is 0 Å². The maximum absolute atomic E-state index is 6.47. The van der Waals surface area contributed by atoms with Crippen LogP contribution in [0.1, 0.15) is 56.7 Å². The molecule has 0 radical (unpaired) electrons. The average molecular weight is 274 g/mol. The number of aryl methyl sites for hydroxylation is 1. The molecule has 1 saturated carbocycles. The second kappa shape index (κ2) is 7.24. The van der Waals surface area contributed by atoms with Crippen molar-refractivity contribution in [3.05, 3.63) is 35.4 Å². The maximum Gasteiger partial charge on any atom is 0.0499 e. The van der Waals surface area contributed by atoms with Crippen LogP contribution in [-0.4, -0.2) is 24.0 Å². The van der Waals surface area contributed by atoms with Gasteiger partial charge >= 0.3 is 0 Å². The van der Waals surface area contributed by atoms with Crippen molar-refractivity contribution >= 4 is 0 Å². The summed E-state index contributed by atoms with van der Waals surface area (Å²) in [5.74, 6) is 0.895. The highest BCUT2D eigenvalue weighted by molar-refractivity contribution is 5.26. The first-order chi connectivity index (χ1) is 9.65. The first kappa shape index (κ1) is 15.5. The minimum Gasteiger partial charge on any atom is -0.326 e. The Bertz CT molecular complexity index is 412. The molecular formula is C18H30N2. The maximum atomic E-state index is 6.47. The zero-order valence-corrected chi connectivity index (χ0v) is 13.3. The zero-order chi connectivity index (χ0) is 14.5. The Morgan fingerprint density at radius 3 is 2.55 bits per heavy atom. The Morgan fingerprint density at radius 1 is 1.30 bits per heavy atom. The van der Waals surface area contributed by atoms with Crippen molar-refractivity contribution in [3.8, 4) is 0 Å². The number of rotatable bonds is 7. The van der Waals surface area contributed by atoms with E-state index in [2.05, 4.69) is 49.9 Å².